The minimum absolute atomic E-state index is 0.0250. The van der Waals surface area contributed by atoms with Crippen LogP contribution in [0, 0.1) is 0 Å². The zero-order valence-corrected chi connectivity index (χ0v) is 9.93. The topological polar surface area (TPSA) is 17.1 Å². The van der Waals surface area contributed by atoms with Gasteiger partial charge < -0.3 is 0 Å². The van der Waals surface area contributed by atoms with Crippen molar-refractivity contribution in [2.75, 3.05) is 0 Å². The minimum atomic E-state index is -4.62. The Morgan fingerprint density at radius 2 is 1.87 bits per heavy atom. The van der Waals surface area contributed by atoms with Crippen LogP contribution >= 0.6 is 39.1 Å². The first-order valence-corrected chi connectivity index (χ1v) is 5.04. The van der Waals surface area contributed by atoms with Crippen molar-refractivity contribution in [2.24, 2.45) is 0 Å². The Morgan fingerprint density at radius 3 is 2.27 bits per heavy atom. The fourth-order valence-corrected chi connectivity index (χ4v) is 1.69. The van der Waals surface area contributed by atoms with Crippen LogP contribution in [0.2, 0.25) is 5.02 Å². The molecule has 0 amide bonds. The maximum absolute atomic E-state index is 12.4. The lowest BCUT2D eigenvalue weighted by atomic mass is 10.1. The summed E-state index contributed by atoms with van der Waals surface area (Å²) in [6.07, 6.45) is -4.62. The molecule has 1 aromatic rings. The third-order valence-electron chi connectivity index (χ3n) is 1.56. The summed E-state index contributed by atoms with van der Waals surface area (Å²) in [6.45, 7) is 0. The predicted molar refractivity (Wildman–Crippen MR) is 54.3 cm³/mol. The van der Waals surface area contributed by atoms with Gasteiger partial charge >= 0.3 is 6.18 Å². The highest BCUT2D eigenvalue weighted by atomic mass is 79.9. The molecule has 1 nitrogen and oxygen atoms in total. The second-order valence-electron chi connectivity index (χ2n) is 2.59. The van der Waals surface area contributed by atoms with Crippen molar-refractivity contribution in [3.05, 3.63) is 32.8 Å². The van der Waals surface area contributed by atoms with Crippen LogP contribution in [-0.4, -0.2) is 5.24 Å². The second-order valence-corrected chi connectivity index (χ2v) is 4.17. The van der Waals surface area contributed by atoms with Gasteiger partial charge in [0, 0.05) is 10.0 Å². The first kappa shape index (κ1) is 12.8. The summed E-state index contributed by atoms with van der Waals surface area (Å²) in [5.41, 5.74) is -1.36. The number of alkyl halides is 3. The second kappa shape index (κ2) is 4.31. The van der Waals surface area contributed by atoms with Gasteiger partial charge in [-0.3, -0.25) is 4.79 Å². The van der Waals surface area contributed by atoms with Crippen molar-refractivity contribution >= 4 is 44.4 Å². The molecule has 15 heavy (non-hydrogen) atoms. The van der Waals surface area contributed by atoms with E-state index in [4.69, 9.17) is 23.2 Å². The molecule has 7 heteroatoms. The van der Waals surface area contributed by atoms with Crippen LogP contribution in [0.3, 0.4) is 0 Å². The molecular formula is C8H2BrCl2F3O. The van der Waals surface area contributed by atoms with E-state index in [9.17, 15) is 18.0 Å². The smallest absolute Gasteiger partial charge is 0.276 e. The molecule has 0 aromatic heterocycles. The fraction of sp³-hybridized carbons (Fsp3) is 0.125. The van der Waals surface area contributed by atoms with Crippen LogP contribution in [0.1, 0.15) is 15.9 Å². The zero-order valence-electron chi connectivity index (χ0n) is 6.83. The van der Waals surface area contributed by atoms with E-state index in [-0.39, 0.29) is 10.0 Å². The average molecular weight is 322 g/mol. The Balaban J connectivity index is 3.45. The van der Waals surface area contributed by atoms with Gasteiger partial charge in [0.15, 0.2) is 0 Å². The highest BCUT2D eigenvalue weighted by molar-refractivity contribution is 9.10. The number of carbonyl (C=O) groups is 1. The molecule has 0 radical (unpaired) electrons. The van der Waals surface area contributed by atoms with Crippen molar-refractivity contribution in [3.8, 4) is 0 Å². The van der Waals surface area contributed by atoms with E-state index in [1.54, 1.807) is 0 Å². The largest absolute Gasteiger partial charge is 0.417 e. The Bertz CT molecular complexity index is 417. The van der Waals surface area contributed by atoms with Crippen LogP contribution in [0.15, 0.2) is 16.6 Å². The number of benzene rings is 1. The van der Waals surface area contributed by atoms with E-state index in [2.05, 4.69) is 15.9 Å². The van der Waals surface area contributed by atoms with Crippen LogP contribution < -0.4 is 0 Å². The van der Waals surface area contributed by atoms with Crippen LogP contribution in [0.25, 0.3) is 0 Å². The molecule has 0 unspecified atom stereocenters. The first-order chi connectivity index (χ1) is 6.73. The summed E-state index contributed by atoms with van der Waals surface area (Å²) in [4.78, 5) is 10.7. The van der Waals surface area contributed by atoms with Crippen molar-refractivity contribution in [1.29, 1.82) is 0 Å². The summed E-state index contributed by atoms with van der Waals surface area (Å²) in [5.74, 6) is 0. The Morgan fingerprint density at radius 1 is 1.33 bits per heavy atom. The van der Waals surface area contributed by atoms with E-state index in [0.717, 1.165) is 6.07 Å². The van der Waals surface area contributed by atoms with Crippen molar-refractivity contribution in [2.45, 2.75) is 6.18 Å². The lowest BCUT2D eigenvalue weighted by Gasteiger charge is -2.11. The average Bonchev–Trinajstić information content (AvgIpc) is 2.06. The van der Waals surface area contributed by atoms with Crippen LogP contribution in [0.5, 0.6) is 0 Å². The maximum atomic E-state index is 12.4. The van der Waals surface area contributed by atoms with E-state index in [0.29, 0.717) is 6.07 Å². The van der Waals surface area contributed by atoms with Crippen LogP contribution in [0.4, 0.5) is 13.2 Å². The lowest BCUT2D eigenvalue weighted by Crippen LogP contribution is -2.07. The number of rotatable bonds is 1. The molecule has 0 fully saturated rings. The number of carbonyl (C=O) groups excluding carboxylic acids is 1. The van der Waals surface area contributed by atoms with Gasteiger partial charge in [0.05, 0.1) is 10.6 Å². The summed E-state index contributed by atoms with van der Waals surface area (Å²) in [5, 5.41) is -1.47. The first-order valence-electron chi connectivity index (χ1n) is 3.49. The highest BCUT2D eigenvalue weighted by Gasteiger charge is 2.34. The van der Waals surface area contributed by atoms with E-state index in [1.165, 1.54) is 0 Å². The molecule has 0 bridgehead atoms. The van der Waals surface area contributed by atoms with Gasteiger partial charge in [0.25, 0.3) is 5.24 Å². The Labute approximate surface area is 101 Å². The molecule has 0 aliphatic heterocycles. The molecule has 0 atom stereocenters. The van der Waals surface area contributed by atoms with Gasteiger partial charge in [0.2, 0.25) is 0 Å². The molecule has 0 N–H and O–H groups in total. The molecule has 1 rings (SSSR count). The summed E-state index contributed by atoms with van der Waals surface area (Å²) < 4.78 is 37.2. The van der Waals surface area contributed by atoms with Gasteiger partial charge in [0.1, 0.15) is 0 Å². The summed E-state index contributed by atoms with van der Waals surface area (Å²) >= 11 is 13.3. The summed E-state index contributed by atoms with van der Waals surface area (Å²) in [6, 6.07) is 1.75. The van der Waals surface area contributed by atoms with Gasteiger partial charge in [-0.25, -0.2) is 0 Å². The Hall–Kier alpha value is -0.260. The molecular weight excluding hydrogens is 320 g/mol. The number of hydrogen-bond donors (Lipinski definition) is 0. The highest BCUT2D eigenvalue weighted by Crippen LogP contribution is 2.39. The minimum Gasteiger partial charge on any atom is -0.276 e. The van der Waals surface area contributed by atoms with E-state index in [1.807, 2.05) is 0 Å². The molecule has 1 aromatic carbocycles. The molecule has 82 valence electrons. The standard InChI is InChI=1S/C8H2BrCl2F3O/c9-5-2-3(7(11)15)1-4(6(5)10)8(12,13)14/h1-2H. The van der Waals surface area contributed by atoms with Gasteiger partial charge in [-0.15, -0.1) is 0 Å². The molecule has 0 aliphatic carbocycles. The zero-order chi connectivity index (χ0) is 11.8. The SMILES string of the molecule is O=C(Cl)c1cc(Br)c(Cl)c(C(F)(F)F)c1. The van der Waals surface area contributed by atoms with Crippen molar-refractivity contribution in [1.82, 2.24) is 0 Å². The van der Waals surface area contributed by atoms with Crippen LogP contribution in [-0.2, 0) is 6.18 Å². The molecule has 0 aliphatic rings. The van der Waals surface area contributed by atoms with Gasteiger partial charge in [-0.2, -0.15) is 13.2 Å². The van der Waals surface area contributed by atoms with E-state index >= 15 is 0 Å². The quantitative estimate of drug-likeness (QED) is 0.696. The van der Waals surface area contributed by atoms with Gasteiger partial charge in [-0.05, 0) is 39.7 Å². The molecule has 0 spiro atoms. The van der Waals surface area contributed by atoms with E-state index < -0.39 is 22.0 Å². The number of halogens is 6. The number of hydrogen-bond acceptors (Lipinski definition) is 1. The van der Waals surface area contributed by atoms with Crippen molar-refractivity contribution < 1.29 is 18.0 Å². The Kier molecular flexibility index (Phi) is 3.68. The third-order valence-corrected chi connectivity index (χ3v) is 3.04. The molecule has 0 saturated heterocycles. The molecule has 0 saturated carbocycles. The lowest BCUT2D eigenvalue weighted by molar-refractivity contribution is -0.137. The summed E-state index contributed by atoms with van der Waals surface area (Å²) in [7, 11) is 0. The monoisotopic (exact) mass is 320 g/mol. The maximum Gasteiger partial charge on any atom is 0.417 e. The third kappa shape index (κ3) is 2.86. The normalized spacial score (nSPS) is 11.6. The fourth-order valence-electron chi connectivity index (χ4n) is 0.909. The predicted octanol–water partition coefficient (Wildman–Crippen LogP) is 4.50. The molecule has 0 heterocycles. The van der Waals surface area contributed by atoms with Gasteiger partial charge in [-0.1, -0.05) is 11.6 Å². The van der Waals surface area contributed by atoms with Crippen molar-refractivity contribution in [3.63, 3.8) is 0 Å².